The number of H-pyrrole nitrogens is 1. The van der Waals surface area contributed by atoms with Crippen LogP contribution in [0.3, 0.4) is 0 Å². The molecule has 0 aliphatic rings. The Kier molecular flexibility index (Phi) is 3.83. The highest BCUT2D eigenvalue weighted by atomic mass is 127. The minimum Gasteiger partial charge on any atom is -0.306 e. The zero-order valence-corrected chi connectivity index (χ0v) is 12.0. The highest BCUT2D eigenvalue weighted by Crippen LogP contribution is 2.18. The molecule has 2 rings (SSSR count). The first kappa shape index (κ1) is 12.6. The summed E-state index contributed by atoms with van der Waals surface area (Å²) in [6, 6.07) is 7.24. The molecule has 0 atom stereocenters. The van der Waals surface area contributed by atoms with Gasteiger partial charge >= 0.3 is 0 Å². The number of hydrogen-bond donors (Lipinski definition) is 1. The molecule has 2 aromatic rings. The summed E-state index contributed by atoms with van der Waals surface area (Å²) >= 11 is 7.84. The SMILES string of the molecule is CCc1nc(-c2ccc(Cl)cc2)[nH]c(=O)c1I. The van der Waals surface area contributed by atoms with Gasteiger partial charge in [-0.25, -0.2) is 4.98 Å². The lowest BCUT2D eigenvalue weighted by Gasteiger charge is -2.05. The average molecular weight is 361 g/mol. The second-order valence-electron chi connectivity index (χ2n) is 3.54. The summed E-state index contributed by atoms with van der Waals surface area (Å²) in [5, 5.41) is 0.664. The van der Waals surface area contributed by atoms with Crippen molar-refractivity contribution in [3.63, 3.8) is 0 Å². The summed E-state index contributed by atoms with van der Waals surface area (Å²) in [4.78, 5) is 18.9. The fourth-order valence-corrected chi connectivity index (χ4v) is 2.25. The van der Waals surface area contributed by atoms with E-state index in [2.05, 4.69) is 9.97 Å². The fourth-order valence-electron chi connectivity index (χ4n) is 1.48. The molecule has 0 amide bonds. The van der Waals surface area contributed by atoms with Crippen LogP contribution in [0.4, 0.5) is 0 Å². The largest absolute Gasteiger partial charge is 0.306 e. The van der Waals surface area contributed by atoms with Gasteiger partial charge in [0.1, 0.15) is 5.82 Å². The number of aryl methyl sites for hydroxylation is 1. The number of rotatable bonds is 2. The van der Waals surface area contributed by atoms with Crippen molar-refractivity contribution in [3.05, 3.63) is 48.9 Å². The lowest BCUT2D eigenvalue weighted by atomic mass is 10.2. The van der Waals surface area contributed by atoms with Crippen molar-refractivity contribution >= 4 is 34.2 Å². The van der Waals surface area contributed by atoms with E-state index < -0.39 is 0 Å². The number of halogens is 2. The Labute approximate surface area is 117 Å². The van der Waals surface area contributed by atoms with E-state index in [0.29, 0.717) is 14.4 Å². The molecular formula is C12H10ClIN2O. The molecule has 1 aromatic carbocycles. The van der Waals surface area contributed by atoms with E-state index in [1.807, 2.05) is 41.6 Å². The van der Waals surface area contributed by atoms with Crippen LogP contribution in [0.15, 0.2) is 29.1 Å². The van der Waals surface area contributed by atoms with E-state index in [9.17, 15) is 4.79 Å². The molecular weight excluding hydrogens is 351 g/mol. The van der Waals surface area contributed by atoms with Crippen molar-refractivity contribution in [2.45, 2.75) is 13.3 Å². The third-order valence-electron chi connectivity index (χ3n) is 2.38. The molecule has 17 heavy (non-hydrogen) atoms. The molecule has 0 spiro atoms. The Hall–Kier alpha value is -0.880. The van der Waals surface area contributed by atoms with Gasteiger partial charge in [0.15, 0.2) is 0 Å². The molecule has 3 nitrogen and oxygen atoms in total. The highest BCUT2D eigenvalue weighted by Gasteiger charge is 2.08. The molecule has 0 unspecified atom stereocenters. The topological polar surface area (TPSA) is 45.8 Å². The van der Waals surface area contributed by atoms with E-state index in [1.54, 1.807) is 12.1 Å². The minimum atomic E-state index is -0.0950. The second kappa shape index (κ2) is 5.18. The summed E-state index contributed by atoms with van der Waals surface area (Å²) in [5.74, 6) is 0.587. The Morgan fingerprint density at radius 1 is 1.35 bits per heavy atom. The molecule has 0 aliphatic carbocycles. The molecule has 88 valence electrons. The number of aromatic nitrogens is 2. The van der Waals surface area contributed by atoms with Crippen molar-refractivity contribution in [3.8, 4) is 11.4 Å². The standard InChI is InChI=1S/C12H10ClIN2O/c1-2-9-10(14)12(17)16-11(15-9)7-3-5-8(13)6-4-7/h3-6H,2H2,1H3,(H,15,16,17). The molecule has 0 aliphatic heterocycles. The molecule has 1 aromatic heterocycles. The number of nitrogens with zero attached hydrogens (tertiary/aromatic N) is 1. The maximum atomic E-state index is 11.7. The van der Waals surface area contributed by atoms with E-state index in [0.717, 1.165) is 17.7 Å². The predicted octanol–water partition coefficient (Wildman–Crippen LogP) is 3.26. The summed E-state index contributed by atoms with van der Waals surface area (Å²) in [7, 11) is 0. The van der Waals surface area contributed by atoms with Crippen LogP contribution in [0.5, 0.6) is 0 Å². The Morgan fingerprint density at radius 2 is 2.00 bits per heavy atom. The van der Waals surface area contributed by atoms with E-state index in [-0.39, 0.29) is 5.56 Å². The third kappa shape index (κ3) is 2.69. The molecule has 5 heteroatoms. The van der Waals surface area contributed by atoms with Gasteiger partial charge in [0.25, 0.3) is 5.56 Å². The van der Waals surface area contributed by atoms with Gasteiger partial charge in [0, 0.05) is 10.6 Å². The second-order valence-corrected chi connectivity index (χ2v) is 5.05. The van der Waals surface area contributed by atoms with Gasteiger partial charge in [-0.05, 0) is 53.3 Å². The number of nitrogens with one attached hydrogen (secondary N) is 1. The van der Waals surface area contributed by atoms with Gasteiger partial charge in [-0.15, -0.1) is 0 Å². The Bertz CT molecular complexity index is 592. The summed E-state index contributed by atoms with van der Waals surface area (Å²) in [6.07, 6.45) is 0.739. The molecule has 1 heterocycles. The van der Waals surface area contributed by atoms with Crippen molar-refractivity contribution in [2.24, 2.45) is 0 Å². The lowest BCUT2D eigenvalue weighted by Crippen LogP contribution is -2.15. The fraction of sp³-hybridized carbons (Fsp3) is 0.167. The van der Waals surface area contributed by atoms with Crippen LogP contribution in [0.25, 0.3) is 11.4 Å². The summed E-state index contributed by atoms with van der Waals surface area (Å²) < 4.78 is 0.655. The summed E-state index contributed by atoms with van der Waals surface area (Å²) in [6.45, 7) is 1.98. The van der Waals surface area contributed by atoms with Gasteiger partial charge in [0.2, 0.25) is 0 Å². The van der Waals surface area contributed by atoms with Crippen molar-refractivity contribution < 1.29 is 0 Å². The van der Waals surface area contributed by atoms with E-state index in [1.165, 1.54) is 0 Å². The number of hydrogen-bond acceptors (Lipinski definition) is 2. The van der Waals surface area contributed by atoms with Crippen molar-refractivity contribution in [2.75, 3.05) is 0 Å². The Balaban J connectivity index is 2.56. The van der Waals surface area contributed by atoms with Gasteiger partial charge in [-0.2, -0.15) is 0 Å². The van der Waals surface area contributed by atoms with Crippen LogP contribution in [-0.2, 0) is 6.42 Å². The van der Waals surface area contributed by atoms with Gasteiger partial charge < -0.3 is 4.98 Å². The molecule has 1 N–H and O–H groups in total. The number of aromatic amines is 1. The quantitative estimate of drug-likeness (QED) is 0.836. The first-order valence-corrected chi connectivity index (χ1v) is 6.62. The van der Waals surface area contributed by atoms with Crippen LogP contribution >= 0.6 is 34.2 Å². The normalized spacial score (nSPS) is 10.5. The van der Waals surface area contributed by atoms with Crippen molar-refractivity contribution in [1.82, 2.24) is 9.97 Å². The maximum absolute atomic E-state index is 11.7. The van der Waals surface area contributed by atoms with Crippen LogP contribution in [0, 0.1) is 3.57 Å². The van der Waals surface area contributed by atoms with Crippen LogP contribution in [-0.4, -0.2) is 9.97 Å². The van der Waals surface area contributed by atoms with Gasteiger partial charge in [0.05, 0.1) is 9.26 Å². The zero-order chi connectivity index (χ0) is 12.4. The number of benzene rings is 1. The first-order valence-electron chi connectivity index (χ1n) is 5.16. The molecule has 0 saturated heterocycles. The van der Waals surface area contributed by atoms with Crippen LogP contribution in [0.2, 0.25) is 5.02 Å². The summed E-state index contributed by atoms with van der Waals surface area (Å²) in [5.41, 5.74) is 1.58. The van der Waals surface area contributed by atoms with E-state index >= 15 is 0 Å². The van der Waals surface area contributed by atoms with E-state index in [4.69, 9.17) is 11.6 Å². The highest BCUT2D eigenvalue weighted by molar-refractivity contribution is 14.1. The minimum absolute atomic E-state index is 0.0950. The predicted molar refractivity (Wildman–Crippen MR) is 77.4 cm³/mol. The Morgan fingerprint density at radius 3 is 2.59 bits per heavy atom. The molecule has 0 radical (unpaired) electrons. The monoisotopic (exact) mass is 360 g/mol. The molecule has 0 saturated carbocycles. The maximum Gasteiger partial charge on any atom is 0.264 e. The zero-order valence-electron chi connectivity index (χ0n) is 9.13. The first-order chi connectivity index (χ1) is 8.11. The van der Waals surface area contributed by atoms with Crippen LogP contribution < -0.4 is 5.56 Å². The third-order valence-corrected chi connectivity index (χ3v) is 3.75. The smallest absolute Gasteiger partial charge is 0.264 e. The molecule has 0 fully saturated rings. The van der Waals surface area contributed by atoms with Crippen molar-refractivity contribution in [1.29, 1.82) is 0 Å². The van der Waals surface area contributed by atoms with Crippen LogP contribution in [0.1, 0.15) is 12.6 Å². The lowest BCUT2D eigenvalue weighted by molar-refractivity contribution is 0.968. The van der Waals surface area contributed by atoms with Gasteiger partial charge in [-0.3, -0.25) is 4.79 Å². The molecule has 0 bridgehead atoms. The van der Waals surface area contributed by atoms with Gasteiger partial charge in [-0.1, -0.05) is 18.5 Å². The average Bonchev–Trinajstić information content (AvgIpc) is 2.33.